The maximum absolute atomic E-state index is 13.0. The minimum Gasteiger partial charge on any atom is -0.473 e. The van der Waals surface area contributed by atoms with Crippen molar-refractivity contribution in [3.63, 3.8) is 0 Å². The van der Waals surface area contributed by atoms with Gasteiger partial charge >= 0.3 is 6.09 Å². The van der Waals surface area contributed by atoms with E-state index < -0.39 is 46.0 Å². The number of sulfonamides is 1. The molecule has 2 heterocycles. The molecule has 0 bridgehead atoms. The minimum atomic E-state index is -3.86. The fourth-order valence-corrected chi connectivity index (χ4v) is 4.74. The van der Waals surface area contributed by atoms with E-state index in [-0.39, 0.29) is 49.9 Å². The Balaban J connectivity index is 1.86. The van der Waals surface area contributed by atoms with Crippen LogP contribution in [0, 0.1) is 5.92 Å². The van der Waals surface area contributed by atoms with Crippen LogP contribution in [0.25, 0.3) is 0 Å². The van der Waals surface area contributed by atoms with Gasteiger partial charge in [-0.3, -0.25) is 4.79 Å². The average molecular weight is 548 g/mol. The highest BCUT2D eigenvalue weighted by Gasteiger charge is 2.33. The van der Waals surface area contributed by atoms with Gasteiger partial charge in [0.05, 0.1) is 12.7 Å². The van der Waals surface area contributed by atoms with Gasteiger partial charge in [-0.05, 0) is 45.9 Å². The number of carbonyl (C=O) groups is 2. The summed E-state index contributed by atoms with van der Waals surface area (Å²) in [6.07, 6.45) is 2.29. The first kappa shape index (κ1) is 30.2. The lowest BCUT2D eigenvalue weighted by Crippen LogP contribution is -2.44. The molecular weight excluding hydrogens is 512 g/mol. The Kier molecular flexibility index (Phi) is 10.2. The highest BCUT2D eigenvalue weighted by Crippen LogP contribution is 2.25. The number of nitrogens with two attached hydrogens (primary N) is 1. The predicted molar refractivity (Wildman–Crippen MR) is 131 cm³/mol. The molecule has 37 heavy (non-hydrogen) atoms. The first-order chi connectivity index (χ1) is 17.1. The van der Waals surface area contributed by atoms with Crippen molar-refractivity contribution in [3.8, 4) is 5.88 Å². The third-order valence-corrected chi connectivity index (χ3v) is 7.13. The molecular formula is C23H35F2N5O6S. The smallest absolute Gasteiger partial charge is 0.407 e. The molecule has 1 aliphatic rings. The highest BCUT2D eigenvalue weighted by molar-refractivity contribution is 7.89. The van der Waals surface area contributed by atoms with Gasteiger partial charge in [0, 0.05) is 44.1 Å². The van der Waals surface area contributed by atoms with Gasteiger partial charge in [-0.2, -0.15) is 4.31 Å². The summed E-state index contributed by atoms with van der Waals surface area (Å²) in [4.78, 5) is 27.9. The third kappa shape index (κ3) is 10.1. The van der Waals surface area contributed by atoms with E-state index in [1.54, 1.807) is 20.8 Å². The monoisotopic (exact) mass is 547 g/mol. The van der Waals surface area contributed by atoms with Gasteiger partial charge in [-0.1, -0.05) is 0 Å². The molecule has 0 spiro atoms. The average Bonchev–Trinajstić information content (AvgIpc) is 2.81. The zero-order valence-corrected chi connectivity index (χ0v) is 22.2. The number of alkyl carbamates (subject to hydrolysis) is 1. The number of rotatable bonds is 10. The molecule has 0 aliphatic carbocycles. The zero-order chi connectivity index (χ0) is 27.9. The van der Waals surface area contributed by atoms with Crippen molar-refractivity contribution in [1.82, 2.24) is 19.9 Å². The van der Waals surface area contributed by atoms with Crippen LogP contribution in [0.1, 0.15) is 40.5 Å². The Labute approximate surface area is 215 Å². The van der Waals surface area contributed by atoms with E-state index >= 15 is 0 Å². The molecule has 0 saturated carbocycles. The van der Waals surface area contributed by atoms with Crippen LogP contribution in [0.5, 0.6) is 5.88 Å². The number of pyridine rings is 1. The number of nitrogens with zero attached hydrogens (tertiary/aromatic N) is 2. The number of halogens is 2. The number of hydrogen-bond acceptors (Lipinski definition) is 8. The summed E-state index contributed by atoms with van der Waals surface area (Å²) in [5.41, 5.74) is 5.48. The fourth-order valence-electron chi connectivity index (χ4n) is 3.32. The van der Waals surface area contributed by atoms with E-state index in [0.717, 1.165) is 6.20 Å². The van der Waals surface area contributed by atoms with Crippen LogP contribution in [0.3, 0.4) is 0 Å². The SMILES string of the molecule is CC(F)(F)CNC(=O)C1CCN(S(=O)(=O)c2ccc(OC/C(=C/N)CNC(=O)OC(C)(C)C)nc2)CC1. The van der Waals surface area contributed by atoms with Crippen LogP contribution < -0.4 is 21.1 Å². The minimum absolute atomic E-state index is 0.00490. The molecule has 208 valence electrons. The number of alkyl halides is 2. The Morgan fingerprint density at radius 3 is 2.35 bits per heavy atom. The number of carbonyl (C=O) groups excluding carboxylic acids is 2. The Morgan fingerprint density at radius 1 is 1.19 bits per heavy atom. The zero-order valence-electron chi connectivity index (χ0n) is 21.4. The number of nitrogens with one attached hydrogen (secondary N) is 2. The highest BCUT2D eigenvalue weighted by atomic mass is 32.2. The van der Waals surface area contributed by atoms with E-state index in [4.69, 9.17) is 15.2 Å². The number of ether oxygens (including phenoxy) is 2. The molecule has 11 nitrogen and oxygen atoms in total. The molecule has 0 atom stereocenters. The van der Waals surface area contributed by atoms with E-state index in [2.05, 4.69) is 15.6 Å². The van der Waals surface area contributed by atoms with Crippen molar-refractivity contribution in [2.24, 2.45) is 11.7 Å². The lowest BCUT2D eigenvalue weighted by Gasteiger charge is -2.30. The normalized spacial score (nSPS) is 16.2. The van der Waals surface area contributed by atoms with Crippen molar-refractivity contribution < 1.29 is 36.3 Å². The Morgan fingerprint density at radius 2 is 1.84 bits per heavy atom. The second-order valence-electron chi connectivity index (χ2n) is 9.77. The van der Waals surface area contributed by atoms with Crippen LogP contribution in [-0.2, 0) is 19.6 Å². The topological polar surface area (TPSA) is 153 Å². The molecule has 0 radical (unpaired) electrons. The summed E-state index contributed by atoms with van der Waals surface area (Å²) < 4.78 is 63.8. The summed E-state index contributed by atoms with van der Waals surface area (Å²) in [7, 11) is -3.86. The quantitative estimate of drug-likeness (QED) is 0.402. The van der Waals surface area contributed by atoms with Crippen molar-refractivity contribution in [1.29, 1.82) is 0 Å². The lowest BCUT2D eigenvalue weighted by atomic mass is 9.97. The molecule has 0 unspecified atom stereocenters. The molecule has 1 saturated heterocycles. The van der Waals surface area contributed by atoms with E-state index in [9.17, 15) is 26.8 Å². The first-order valence-corrected chi connectivity index (χ1v) is 13.2. The van der Waals surface area contributed by atoms with Gasteiger partial charge < -0.3 is 25.8 Å². The van der Waals surface area contributed by atoms with E-state index in [1.807, 2.05) is 0 Å². The van der Waals surface area contributed by atoms with Crippen LogP contribution in [0.4, 0.5) is 13.6 Å². The van der Waals surface area contributed by atoms with Crippen LogP contribution >= 0.6 is 0 Å². The van der Waals surface area contributed by atoms with Crippen LogP contribution in [0.15, 0.2) is 35.0 Å². The fraction of sp³-hybridized carbons (Fsp3) is 0.609. The maximum Gasteiger partial charge on any atom is 0.407 e. The standard InChI is InChI=1S/C23H35F2N5O6S/c1-22(2,3)36-21(32)28-12-16(11-26)14-35-19-6-5-18(13-27-19)37(33,34)30-9-7-17(8-10-30)20(31)29-15-23(4,24)25/h5-6,11,13,17H,7-10,12,14-15,26H2,1-4H3,(H,28,32)(H,29,31)/b16-11+. The summed E-state index contributed by atoms with van der Waals surface area (Å²) in [6, 6.07) is 2.75. The molecule has 1 aliphatic heterocycles. The Hall–Kier alpha value is -3.00. The van der Waals surface area contributed by atoms with Gasteiger partial charge in [0.2, 0.25) is 21.8 Å². The molecule has 2 amide bonds. The molecule has 14 heteroatoms. The summed E-state index contributed by atoms with van der Waals surface area (Å²) >= 11 is 0. The Bertz CT molecular complexity index is 1060. The second kappa shape index (κ2) is 12.5. The second-order valence-corrected chi connectivity index (χ2v) is 11.7. The summed E-state index contributed by atoms with van der Waals surface area (Å²) in [5, 5.41) is 4.77. The molecule has 1 fully saturated rings. The van der Waals surface area contributed by atoms with Gasteiger partial charge in [0.15, 0.2) is 0 Å². The van der Waals surface area contributed by atoms with Crippen molar-refractivity contribution in [2.45, 2.75) is 57.0 Å². The van der Waals surface area contributed by atoms with E-state index in [1.165, 1.54) is 22.6 Å². The molecule has 2 rings (SSSR count). The molecule has 1 aromatic heterocycles. The lowest BCUT2D eigenvalue weighted by molar-refractivity contribution is -0.127. The number of hydrogen-bond donors (Lipinski definition) is 3. The first-order valence-electron chi connectivity index (χ1n) is 11.7. The number of aromatic nitrogens is 1. The van der Waals surface area contributed by atoms with E-state index in [0.29, 0.717) is 12.5 Å². The van der Waals surface area contributed by atoms with Crippen molar-refractivity contribution >= 4 is 22.0 Å². The van der Waals surface area contributed by atoms with Crippen LogP contribution in [0.2, 0.25) is 0 Å². The van der Waals surface area contributed by atoms with Gasteiger partial charge in [0.1, 0.15) is 17.1 Å². The maximum atomic E-state index is 13.0. The summed E-state index contributed by atoms with van der Waals surface area (Å²) in [5.74, 6) is -3.90. The summed E-state index contributed by atoms with van der Waals surface area (Å²) in [6.45, 7) is 5.44. The largest absolute Gasteiger partial charge is 0.473 e. The van der Waals surface area contributed by atoms with Crippen molar-refractivity contribution in [3.05, 3.63) is 30.1 Å². The number of piperidine rings is 1. The molecule has 0 aromatic carbocycles. The van der Waals surface area contributed by atoms with Crippen LogP contribution in [-0.4, -0.2) is 74.0 Å². The molecule has 1 aromatic rings. The van der Waals surface area contributed by atoms with Gasteiger partial charge in [-0.25, -0.2) is 27.0 Å². The van der Waals surface area contributed by atoms with Gasteiger partial charge in [0.25, 0.3) is 5.92 Å². The predicted octanol–water partition coefficient (Wildman–Crippen LogP) is 2.00. The number of amides is 2. The molecule has 4 N–H and O–H groups in total. The van der Waals surface area contributed by atoms with Gasteiger partial charge in [-0.15, -0.1) is 0 Å². The third-order valence-electron chi connectivity index (χ3n) is 5.24. The van der Waals surface area contributed by atoms with Crippen molar-refractivity contribution in [2.75, 3.05) is 32.8 Å².